The van der Waals surface area contributed by atoms with Gasteiger partial charge in [0.1, 0.15) is 11.6 Å². The molecular weight excluding hydrogens is 152 g/mol. The molecule has 0 rings (SSSR count). The van der Waals surface area contributed by atoms with Gasteiger partial charge in [-0.15, -0.1) is 13.2 Å². The number of rotatable bonds is 4. The number of hydrogen-bond donors (Lipinski definition) is 0. The molecule has 0 atom stereocenters. The van der Waals surface area contributed by atoms with Gasteiger partial charge in [-0.2, -0.15) is 0 Å². The first kappa shape index (κ1) is 13.4. The molecule has 0 amide bonds. The highest BCUT2D eigenvalue weighted by Crippen LogP contribution is 1.89. The molecule has 68 valence electrons. The summed E-state index contributed by atoms with van der Waals surface area (Å²) in [5.74, 6) is 0.343. The molecule has 0 aliphatic heterocycles. The van der Waals surface area contributed by atoms with Gasteiger partial charge in [-0.3, -0.25) is 4.79 Å². The minimum absolute atomic E-state index is 0.167. The normalized spacial score (nSPS) is 7.50. The molecule has 2 nitrogen and oxygen atoms in total. The maximum absolute atomic E-state index is 10.5. The third-order valence-corrected chi connectivity index (χ3v) is 0.744. The summed E-state index contributed by atoms with van der Waals surface area (Å²) in [6.45, 7) is 9.91. The summed E-state index contributed by atoms with van der Waals surface area (Å²) in [7, 11) is 0. The summed E-state index contributed by atoms with van der Waals surface area (Å²) in [6.07, 6.45) is 4.13. The van der Waals surface area contributed by atoms with Crippen molar-refractivity contribution in [2.45, 2.75) is 26.7 Å². The molecule has 0 aromatic rings. The molecule has 0 aromatic heterocycles. The Bertz CT molecular complexity index is 153. The lowest BCUT2D eigenvalue weighted by atomic mass is 10.2. The van der Waals surface area contributed by atoms with E-state index >= 15 is 0 Å². The van der Waals surface area contributed by atoms with Crippen LogP contribution in [0.3, 0.4) is 0 Å². The SMILES string of the molecule is C=CCC(=O)CC=C.CC(C)=O. The Balaban J connectivity index is 0. The fourth-order valence-corrected chi connectivity index (χ4v) is 0.405. The third kappa shape index (κ3) is 23.2. The number of carbonyl (C=O) groups excluding carboxylic acids is 2. The molecule has 0 aliphatic carbocycles. The molecule has 0 unspecified atom stereocenters. The van der Waals surface area contributed by atoms with Crippen LogP contribution in [-0.4, -0.2) is 11.6 Å². The van der Waals surface area contributed by atoms with Crippen molar-refractivity contribution in [1.82, 2.24) is 0 Å². The van der Waals surface area contributed by atoms with Crippen LogP contribution in [0.15, 0.2) is 25.3 Å². The lowest BCUT2D eigenvalue weighted by Crippen LogP contribution is -1.90. The molecular formula is C10H16O2. The number of carbonyl (C=O) groups is 2. The molecule has 0 aromatic carbocycles. The van der Waals surface area contributed by atoms with Gasteiger partial charge in [0, 0.05) is 12.8 Å². The van der Waals surface area contributed by atoms with E-state index in [1.165, 1.54) is 13.8 Å². The summed E-state index contributed by atoms with van der Waals surface area (Å²) in [4.78, 5) is 19.9. The van der Waals surface area contributed by atoms with Gasteiger partial charge in [-0.1, -0.05) is 12.2 Å². The molecule has 0 fully saturated rings. The van der Waals surface area contributed by atoms with E-state index in [0.717, 1.165) is 0 Å². The predicted molar refractivity (Wildman–Crippen MR) is 51.0 cm³/mol. The summed E-state index contributed by atoms with van der Waals surface area (Å²) in [5, 5.41) is 0. The minimum Gasteiger partial charge on any atom is -0.300 e. The average molecular weight is 168 g/mol. The quantitative estimate of drug-likeness (QED) is 0.603. The highest BCUT2D eigenvalue weighted by Gasteiger charge is 1.91. The molecule has 12 heavy (non-hydrogen) atoms. The minimum atomic E-state index is 0.167. The van der Waals surface area contributed by atoms with Gasteiger partial charge >= 0.3 is 0 Å². The molecule has 0 saturated carbocycles. The van der Waals surface area contributed by atoms with Crippen molar-refractivity contribution in [2.75, 3.05) is 0 Å². The fraction of sp³-hybridized carbons (Fsp3) is 0.400. The van der Waals surface area contributed by atoms with Crippen molar-refractivity contribution in [1.29, 1.82) is 0 Å². The summed E-state index contributed by atoms with van der Waals surface area (Å²) in [6, 6.07) is 0. The monoisotopic (exact) mass is 168 g/mol. The van der Waals surface area contributed by atoms with Crippen molar-refractivity contribution in [2.24, 2.45) is 0 Å². The van der Waals surface area contributed by atoms with Gasteiger partial charge in [0.15, 0.2) is 0 Å². The Kier molecular flexibility index (Phi) is 11.0. The van der Waals surface area contributed by atoms with Crippen LogP contribution < -0.4 is 0 Å². The van der Waals surface area contributed by atoms with E-state index in [4.69, 9.17) is 0 Å². The second-order valence-electron chi connectivity index (χ2n) is 2.43. The topological polar surface area (TPSA) is 34.1 Å². The van der Waals surface area contributed by atoms with Gasteiger partial charge in [-0.25, -0.2) is 0 Å². The number of ketones is 2. The van der Waals surface area contributed by atoms with Gasteiger partial charge in [-0.05, 0) is 13.8 Å². The first-order chi connectivity index (χ1) is 5.54. The van der Waals surface area contributed by atoms with Gasteiger partial charge in [0.05, 0.1) is 0 Å². The van der Waals surface area contributed by atoms with Crippen molar-refractivity contribution in [3.8, 4) is 0 Å². The van der Waals surface area contributed by atoms with Crippen molar-refractivity contribution in [3.63, 3.8) is 0 Å². The summed E-state index contributed by atoms with van der Waals surface area (Å²) < 4.78 is 0. The van der Waals surface area contributed by atoms with Crippen molar-refractivity contribution >= 4 is 11.6 Å². The number of Topliss-reactive ketones (excluding diaryl/α,β-unsaturated/α-hetero) is 2. The van der Waals surface area contributed by atoms with E-state index in [0.29, 0.717) is 12.8 Å². The molecule has 0 N–H and O–H groups in total. The van der Waals surface area contributed by atoms with Crippen LogP contribution >= 0.6 is 0 Å². The lowest BCUT2D eigenvalue weighted by molar-refractivity contribution is -0.117. The van der Waals surface area contributed by atoms with Crippen LogP contribution in [0, 0.1) is 0 Å². The molecule has 0 saturated heterocycles. The maximum atomic E-state index is 10.5. The van der Waals surface area contributed by atoms with Gasteiger partial charge < -0.3 is 4.79 Å². The molecule has 0 radical (unpaired) electrons. The highest BCUT2D eigenvalue weighted by atomic mass is 16.1. The molecule has 0 spiro atoms. The molecule has 0 heterocycles. The van der Waals surface area contributed by atoms with Crippen LogP contribution in [0.25, 0.3) is 0 Å². The fourth-order valence-electron chi connectivity index (χ4n) is 0.405. The Morgan fingerprint density at radius 1 is 1.08 bits per heavy atom. The second kappa shape index (κ2) is 9.82. The Morgan fingerprint density at radius 3 is 1.50 bits per heavy atom. The molecule has 0 bridgehead atoms. The van der Waals surface area contributed by atoms with E-state index in [9.17, 15) is 9.59 Å². The van der Waals surface area contributed by atoms with Crippen molar-refractivity contribution in [3.05, 3.63) is 25.3 Å². The number of allylic oxidation sites excluding steroid dienone is 2. The van der Waals surface area contributed by atoms with Gasteiger partial charge in [0.2, 0.25) is 0 Å². The zero-order valence-electron chi connectivity index (χ0n) is 7.80. The average Bonchev–Trinajstić information content (AvgIpc) is 1.87. The zero-order valence-corrected chi connectivity index (χ0v) is 7.80. The molecule has 0 aliphatic rings. The van der Waals surface area contributed by atoms with E-state index in [1.54, 1.807) is 12.2 Å². The van der Waals surface area contributed by atoms with Crippen LogP contribution in [0.1, 0.15) is 26.7 Å². The van der Waals surface area contributed by atoms with Crippen molar-refractivity contribution < 1.29 is 9.59 Å². The van der Waals surface area contributed by atoms with Crippen LogP contribution in [-0.2, 0) is 9.59 Å². The highest BCUT2D eigenvalue weighted by molar-refractivity contribution is 5.80. The number of hydrogen-bond acceptors (Lipinski definition) is 2. The summed E-state index contributed by atoms with van der Waals surface area (Å²) >= 11 is 0. The van der Waals surface area contributed by atoms with E-state index in [2.05, 4.69) is 13.2 Å². The standard InChI is InChI=1S/C7H10O.C3H6O/c1-3-5-7(8)6-4-2;1-3(2)4/h3-4H,1-2,5-6H2;1-2H3. The lowest BCUT2D eigenvalue weighted by Gasteiger charge is -1.85. The first-order valence-corrected chi connectivity index (χ1v) is 3.75. The Hall–Kier alpha value is -1.18. The summed E-state index contributed by atoms with van der Waals surface area (Å²) in [5.41, 5.74) is 0. The largest absolute Gasteiger partial charge is 0.300 e. The second-order valence-corrected chi connectivity index (χ2v) is 2.43. The third-order valence-electron chi connectivity index (χ3n) is 0.744. The Labute approximate surface area is 74.0 Å². The predicted octanol–water partition coefficient (Wildman–Crippen LogP) is 2.30. The van der Waals surface area contributed by atoms with E-state index < -0.39 is 0 Å². The van der Waals surface area contributed by atoms with Crippen LogP contribution in [0.2, 0.25) is 0 Å². The van der Waals surface area contributed by atoms with Gasteiger partial charge in [0.25, 0.3) is 0 Å². The smallest absolute Gasteiger partial charge is 0.140 e. The molecule has 2 heteroatoms. The maximum Gasteiger partial charge on any atom is 0.140 e. The van der Waals surface area contributed by atoms with E-state index in [1.807, 2.05) is 0 Å². The zero-order chi connectivity index (χ0) is 9.98. The first-order valence-electron chi connectivity index (χ1n) is 3.75. The van der Waals surface area contributed by atoms with Crippen LogP contribution in [0.4, 0.5) is 0 Å². The van der Waals surface area contributed by atoms with Crippen LogP contribution in [0.5, 0.6) is 0 Å². The Morgan fingerprint density at radius 2 is 1.33 bits per heavy atom. The van der Waals surface area contributed by atoms with E-state index in [-0.39, 0.29) is 11.6 Å².